The zero-order chi connectivity index (χ0) is 17.2. The van der Waals surface area contributed by atoms with Crippen LogP contribution >= 0.6 is 0 Å². The van der Waals surface area contributed by atoms with Crippen LogP contribution in [0.5, 0.6) is 0 Å². The second kappa shape index (κ2) is 6.47. The van der Waals surface area contributed by atoms with E-state index in [-0.39, 0.29) is 12.5 Å². The van der Waals surface area contributed by atoms with Crippen molar-refractivity contribution in [1.29, 1.82) is 0 Å². The van der Waals surface area contributed by atoms with E-state index in [9.17, 15) is 9.59 Å². The Labute approximate surface area is 140 Å². The third-order valence-corrected chi connectivity index (χ3v) is 4.51. The predicted molar refractivity (Wildman–Crippen MR) is 88.2 cm³/mol. The lowest BCUT2D eigenvalue weighted by molar-refractivity contribution is -0.154. The molecule has 6 nitrogen and oxygen atoms in total. The Bertz CT molecular complexity index is 742. The minimum atomic E-state index is -1.12. The van der Waals surface area contributed by atoms with Crippen LogP contribution in [0.1, 0.15) is 37.4 Å². The molecule has 0 saturated carbocycles. The molecule has 0 bridgehead atoms. The molecule has 1 N–H and O–H groups in total. The van der Waals surface area contributed by atoms with Crippen LogP contribution in [-0.2, 0) is 26.3 Å². The second-order valence-electron chi connectivity index (χ2n) is 5.93. The largest absolute Gasteiger partial charge is 0.464 e. The van der Waals surface area contributed by atoms with Crippen LogP contribution in [0.15, 0.2) is 42.7 Å². The molecule has 0 saturated heterocycles. The number of ether oxygens (including phenoxy) is 1. The maximum Gasteiger partial charge on any atom is 0.336 e. The van der Waals surface area contributed by atoms with Crippen LogP contribution in [0.3, 0.4) is 0 Å². The smallest absolute Gasteiger partial charge is 0.336 e. The number of amides is 1. The van der Waals surface area contributed by atoms with E-state index in [1.807, 2.05) is 24.3 Å². The fourth-order valence-corrected chi connectivity index (χ4v) is 3.20. The van der Waals surface area contributed by atoms with Gasteiger partial charge in [-0.05, 0) is 43.9 Å². The van der Waals surface area contributed by atoms with Crippen molar-refractivity contribution in [2.24, 2.45) is 0 Å². The molecule has 2 aromatic rings. The number of hydrogen-bond donors (Lipinski definition) is 1. The molecule has 1 aliphatic rings. The fraction of sp³-hybridized carbons (Fsp3) is 0.389. The van der Waals surface area contributed by atoms with Crippen molar-refractivity contribution in [2.45, 2.75) is 38.3 Å². The second-order valence-corrected chi connectivity index (χ2v) is 5.93. The van der Waals surface area contributed by atoms with E-state index in [1.54, 1.807) is 37.0 Å². The Balaban J connectivity index is 1.93. The molecule has 6 heteroatoms. The highest BCUT2D eigenvalue weighted by Crippen LogP contribution is 2.38. The van der Waals surface area contributed by atoms with Gasteiger partial charge in [0.2, 0.25) is 5.91 Å². The number of benzene rings is 1. The molecule has 0 fully saturated rings. The average Bonchev–Trinajstić information content (AvgIpc) is 3.23. The molecule has 126 valence electrons. The monoisotopic (exact) mass is 327 g/mol. The van der Waals surface area contributed by atoms with Crippen LogP contribution in [0, 0.1) is 0 Å². The van der Waals surface area contributed by atoms with E-state index in [1.165, 1.54) is 0 Å². The first-order chi connectivity index (χ1) is 11.6. The molecule has 1 aromatic carbocycles. The van der Waals surface area contributed by atoms with Gasteiger partial charge in [0.1, 0.15) is 6.04 Å². The number of nitrogens with zero attached hydrogens (tertiary/aromatic N) is 2. The Morgan fingerprint density at radius 2 is 2.17 bits per heavy atom. The molecule has 3 rings (SSSR count). The third kappa shape index (κ3) is 2.68. The molecule has 2 atom stereocenters. The zero-order valence-electron chi connectivity index (χ0n) is 13.9. The third-order valence-electron chi connectivity index (χ3n) is 4.51. The van der Waals surface area contributed by atoms with Crippen LogP contribution in [0.4, 0.5) is 0 Å². The molecule has 0 unspecified atom stereocenters. The van der Waals surface area contributed by atoms with Gasteiger partial charge in [0.25, 0.3) is 0 Å². The van der Waals surface area contributed by atoms with Gasteiger partial charge in [-0.15, -0.1) is 0 Å². The Kier molecular flexibility index (Phi) is 4.38. The van der Waals surface area contributed by atoms with Crippen molar-refractivity contribution < 1.29 is 14.3 Å². The fourth-order valence-electron chi connectivity index (χ4n) is 3.20. The summed E-state index contributed by atoms with van der Waals surface area (Å²) in [5.41, 5.74) is 0.771. The summed E-state index contributed by atoms with van der Waals surface area (Å²) < 4.78 is 6.85. The van der Waals surface area contributed by atoms with Gasteiger partial charge >= 0.3 is 5.97 Å². The van der Waals surface area contributed by atoms with Crippen molar-refractivity contribution >= 4 is 11.9 Å². The average molecular weight is 327 g/mol. The summed E-state index contributed by atoms with van der Waals surface area (Å²) in [7, 11) is 0. The Morgan fingerprint density at radius 3 is 2.88 bits per heavy atom. The number of nitrogens with one attached hydrogen (secondary N) is 1. The van der Waals surface area contributed by atoms with Gasteiger partial charge in [0.05, 0.1) is 6.61 Å². The first kappa shape index (κ1) is 16.2. The first-order valence-electron chi connectivity index (χ1n) is 8.15. The standard InChI is InChI=1S/C18H21N3O3/c1-3-24-17(23)18(10-9-14-7-4-5-8-15(14)18)20-16(22)13(2)21-12-6-11-19-21/h4-8,11-13H,3,9-10H2,1-2H3,(H,20,22)/t13-,18+/m0/s1. The van der Waals surface area contributed by atoms with Crippen molar-refractivity contribution in [1.82, 2.24) is 15.1 Å². The number of fused-ring (bicyclic) bond motifs is 1. The van der Waals surface area contributed by atoms with Crippen LogP contribution in [-0.4, -0.2) is 28.3 Å². The van der Waals surface area contributed by atoms with Crippen molar-refractivity contribution in [3.8, 4) is 0 Å². The van der Waals surface area contributed by atoms with E-state index in [0.29, 0.717) is 6.42 Å². The van der Waals surface area contributed by atoms with Gasteiger partial charge < -0.3 is 10.1 Å². The highest BCUT2D eigenvalue weighted by molar-refractivity contribution is 5.91. The van der Waals surface area contributed by atoms with Gasteiger partial charge in [-0.3, -0.25) is 9.48 Å². The molecule has 1 heterocycles. The summed E-state index contributed by atoms with van der Waals surface area (Å²) in [5.74, 6) is -0.667. The zero-order valence-corrected chi connectivity index (χ0v) is 13.9. The lowest BCUT2D eigenvalue weighted by Crippen LogP contribution is -2.52. The lowest BCUT2D eigenvalue weighted by atomic mass is 9.91. The molecule has 1 amide bonds. The quantitative estimate of drug-likeness (QED) is 0.852. The van der Waals surface area contributed by atoms with Gasteiger partial charge in [0, 0.05) is 12.4 Å². The van der Waals surface area contributed by atoms with E-state index < -0.39 is 17.6 Å². The number of carbonyl (C=O) groups is 2. The van der Waals surface area contributed by atoms with Crippen LogP contribution in [0.25, 0.3) is 0 Å². The van der Waals surface area contributed by atoms with Crippen LogP contribution < -0.4 is 5.32 Å². The van der Waals surface area contributed by atoms with Crippen molar-refractivity contribution in [2.75, 3.05) is 6.61 Å². The maximum absolute atomic E-state index is 12.7. The molecule has 1 aromatic heterocycles. The highest BCUT2D eigenvalue weighted by Gasteiger charge is 2.48. The molecule has 1 aliphatic carbocycles. The summed E-state index contributed by atoms with van der Waals surface area (Å²) in [6.07, 6.45) is 4.58. The molecule has 0 radical (unpaired) electrons. The Morgan fingerprint density at radius 1 is 1.38 bits per heavy atom. The van der Waals surface area contributed by atoms with Gasteiger partial charge in [-0.2, -0.15) is 5.10 Å². The number of rotatable bonds is 5. The summed E-state index contributed by atoms with van der Waals surface area (Å²) in [5, 5.41) is 7.05. The van der Waals surface area contributed by atoms with Gasteiger partial charge in [-0.25, -0.2) is 4.79 Å². The number of hydrogen-bond acceptors (Lipinski definition) is 4. The van der Waals surface area contributed by atoms with Gasteiger partial charge in [-0.1, -0.05) is 24.3 Å². The van der Waals surface area contributed by atoms with E-state index in [2.05, 4.69) is 10.4 Å². The van der Waals surface area contributed by atoms with Crippen molar-refractivity contribution in [3.63, 3.8) is 0 Å². The number of aryl methyl sites for hydroxylation is 1. The SMILES string of the molecule is CCOC(=O)[C@@]1(NC(=O)[C@H](C)n2cccn2)CCc2ccccc21. The predicted octanol–water partition coefficient (Wildman–Crippen LogP) is 1.97. The van der Waals surface area contributed by atoms with Gasteiger partial charge in [0.15, 0.2) is 5.54 Å². The summed E-state index contributed by atoms with van der Waals surface area (Å²) in [6.45, 7) is 3.79. The number of carbonyl (C=O) groups excluding carboxylic acids is 2. The Hall–Kier alpha value is -2.63. The topological polar surface area (TPSA) is 73.2 Å². The maximum atomic E-state index is 12.7. The molecular formula is C18H21N3O3. The normalized spacial score (nSPS) is 20.2. The molecule has 0 spiro atoms. The summed E-state index contributed by atoms with van der Waals surface area (Å²) in [4.78, 5) is 25.5. The minimum absolute atomic E-state index is 0.261. The molecule has 0 aliphatic heterocycles. The van der Waals surface area contributed by atoms with E-state index >= 15 is 0 Å². The molecule has 24 heavy (non-hydrogen) atoms. The van der Waals surface area contributed by atoms with Crippen molar-refractivity contribution in [3.05, 3.63) is 53.9 Å². The number of aromatic nitrogens is 2. The van der Waals surface area contributed by atoms with Crippen LogP contribution in [0.2, 0.25) is 0 Å². The first-order valence-corrected chi connectivity index (χ1v) is 8.15. The highest BCUT2D eigenvalue weighted by atomic mass is 16.5. The van der Waals surface area contributed by atoms with E-state index in [4.69, 9.17) is 4.74 Å². The minimum Gasteiger partial charge on any atom is -0.464 e. The molecular weight excluding hydrogens is 306 g/mol. The number of esters is 1. The summed E-state index contributed by atoms with van der Waals surface area (Å²) in [6, 6.07) is 8.93. The lowest BCUT2D eigenvalue weighted by Gasteiger charge is -2.30. The summed E-state index contributed by atoms with van der Waals surface area (Å²) >= 11 is 0. The van der Waals surface area contributed by atoms with E-state index in [0.717, 1.165) is 17.5 Å².